The van der Waals surface area contributed by atoms with Crippen LogP contribution in [0.5, 0.6) is 0 Å². The Morgan fingerprint density at radius 2 is 1.73 bits per heavy atom. The smallest absolute Gasteiger partial charge is 0.241 e. The minimum atomic E-state index is -3.87. The van der Waals surface area contributed by atoms with Gasteiger partial charge in [-0.05, 0) is 61.6 Å². The average Bonchev–Trinajstić information content (AvgIpc) is 3.22. The Morgan fingerprint density at radius 1 is 1.06 bits per heavy atom. The number of para-hydroxylation sites is 1. The normalized spacial score (nSPS) is 16.0. The number of benzene rings is 2. The van der Waals surface area contributed by atoms with Crippen molar-refractivity contribution in [1.82, 2.24) is 14.6 Å². The monoisotopic (exact) mass is 468 g/mol. The lowest BCUT2D eigenvalue weighted by atomic mass is 9.89. The number of anilines is 1. The number of nitrogens with zero attached hydrogens (tertiary/aromatic N) is 1. The first-order chi connectivity index (χ1) is 15.7. The molecule has 8 nitrogen and oxygen atoms in total. The van der Waals surface area contributed by atoms with Gasteiger partial charge in [-0.3, -0.25) is 9.59 Å². The number of likely N-dealkylation sites (tertiary alicyclic amines) is 1. The first-order valence-electron chi connectivity index (χ1n) is 11.0. The molecule has 1 atom stereocenters. The Bertz CT molecular complexity index is 1260. The van der Waals surface area contributed by atoms with Crippen molar-refractivity contribution in [2.45, 2.75) is 43.5 Å². The quantitative estimate of drug-likeness (QED) is 0.516. The molecule has 33 heavy (non-hydrogen) atoms. The molecular weight excluding hydrogens is 440 g/mol. The molecule has 2 heterocycles. The van der Waals surface area contributed by atoms with Gasteiger partial charge in [-0.15, -0.1) is 0 Å². The first-order valence-corrected chi connectivity index (χ1v) is 12.5. The van der Waals surface area contributed by atoms with Gasteiger partial charge in [0.25, 0.3) is 0 Å². The molecule has 0 unspecified atom stereocenters. The molecule has 2 aromatic carbocycles. The maximum absolute atomic E-state index is 12.9. The van der Waals surface area contributed by atoms with Gasteiger partial charge < -0.3 is 15.2 Å². The number of rotatable bonds is 6. The number of nitrogens with one attached hydrogen (secondary N) is 3. The van der Waals surface area contributed by atoms with Crippen LogP contribution in [0.1, 0.15) is 38.2 Å². The lowest BCUT2D eigenvalue weighted by Gasteiger charge is -2.33. The summed E-state index contributed by atoms with van der Waals surface area (Å²) in [4.78, 5) is 29.1. The molecule has 0 spiro atoms. The summed E-state index contributed by atoms with van der Waals surface area (Å²) < 4.78 is 27.9. The predicted molar refractivity (Wildman–Crippen MR) is 127 cm³/mol. The Morgan fingerprint density at radius 3 is 2.39 bits per heavy atom. The van der Waals surface area contributed by atoms with Gasteiger partial charge in [0.15, 0.2) is 0 Å². The van der Waals surface area contributed by atoms with E-state index in [9.17, 15) is 18.0 Å². The molecule has 1 fully saturated rings. The van der Waals surface area contributed by atoms with Crippen molar-refractivity contribution < 1.29 is 18.0 Å². The lowest BCUT2D eigenvalue weighted by molar-refractivity contribution is -0.133. The molecule has 0 radical (unpaired) electrons. The Hall–Kier alpha value is -3.17. The maximum atomic E-state index is 12.9. The van der Waals surface area contributed by atoms with E-state index in [2.05, 4.69) is 33.4 Å². The van der Waals surface area contributed by atoms with Crippen molar-refractivity contribution in [1.29, 1.82) is 0 Å². The number of sulfonamides is 1. The highest BCUT2D eigenvalue weighted by atomic mass is 32.2. The van der Waals surface area contributed by atoms with Crippen molar-refractivity contribution >= 4 is 38.4 Å². The SMILES string of the molecule is CC(=O)Nc1ccc(S(=O)(=O)N[C@@H](C)C(=O)N2CCC(c3c[nH]c4ccccc34)CC2)cc1. The zero-order chi connectivity index (χ0) is 23.6. The van der Waals surface area contributed by atoms with Crippen LogP contribution < -0.4 is 10.0 Å². The summed E-state index contributed by atoms with van der Waals surface area (Å²) in [6.07, 6.45) is 3.72. The number of aromatic nitrogens is 1. The third kappa shape index (κ3) is 5.09. The summed E-state index contributed by atoms with van der Waals surface area (Å²) in [5.74, 6) is -0.110. The fraction of sp³-hybridized carbons (Fsp3) is 0.333. The molecule has 0 aliphatic carbocycles. The standard InChI is InChI=1S/C24H28N4O4S/c1-16(27-33(31,32)20-9-7-19(8-10-20)26-17(2)29)24(30)28-13-11-18(12-14-28)22-15-25-23-6-4-3-5-21(22)23/h3-10,15-16,18,25,27H,11-14H2,1-2H3,(H,26,29)/t16-/m0/s1. The second-order valence-electron chi connectivity index (χ2n) is 8.44. The van der Waals surface area contributed by atoms with Crippen LogP contribution >= 0.6 is 0 Å². The van der Waals surface area contributed by atoms with Crippen LogP contribution in [0.3, 0.4) is 0 Å². The van der Waals surface area contributed by atoms with Gasteiger partial charge in [-0.25, -0.2) is 8.42 Å². The number of H-pyrrole nitrogens is 1. The van der Waals surface area contributed by atoms with Gasteiger partial charge in [-0.2, -0.15) is 4.72 Å². The van der Waals surface area contributed by atoms with Crippen LogP contribution in [0.2, 0.25) is 0 Å². The van der Waals surface area contributed by atoms with E-state index < -0.39 is 16.1 Å². The van der Waals surface area contributed by atoms with Crippen LogP contribution in [0.15, 0.2) is 59.6 Å². The number of hydrogen-bond donors (Lipinski definition) is 3. The van der Waals surface area contributed by atoms with E-state index >= 15 is 0 Å². The third-order valence-electron chi connectivity index (χ3n) is 6.06. The zero-order valence-corrected chi connectivity index (χ0v) is 19.5. The number of amides is 2. The van der Waals surface area contributed by atoms with E-state index in [4.69, 9.17) is 0 Å². The molecule has 3 aromatic rings. The van der Waals surface area contributed by atoms with E-state index in [1.807, 2.05) is 12.1 Å². The van der Waals surface area contributed by atoms with E-state index in [-0.39, 0.29) is 16.7 Å². The largest absolute Gasteiger partial charge is 0.361 e. The Labute approximate surface area is 193 Å². The van der Waals surface area contributed by atoms with Gasteiger partial charge >= 0.3 is 0 Å². The van der Waals surface area contributed by atoms with E-state index in [0.29, 0.717) is 24.7 Å². The first kappa shape index (κ1) is 23.0. The maximum Gasteiger partial charge on any atom is 0.241 e. The summed E-state index contributed by atoms with van der Waals surface area (Å²) in [5.41, 5.74) is 2.89. The van der Waals surface area contributed by atoms with Crippen molar-refractivity contribution in [3.05, 3.63) is 60.3 Å². The molecule has 9 heteroatoms. The Kier molecular flexibility index (Phi) is 6.53. The van der Waals surface area contributed by atoms with E-state index in [1.54, 1.807) is 11.8 Å². The summed E-state index contributed by atoms with van der Waals surface area (Å²) in [6, 6.07) is 13.1. The third-order valence-corrected chi connectivity index (χ3v) is 7.61. The molecular formula is C24H28N4O4S. The number of carbonyl (C=O) groups is 2. The van der Waals surface area contributed by atoms with Crippen molar-refractivity contribution in [3.8, 4) is 0 Å². The molecule has 0 bridgehead atoms. The highest BCUT2D eigenvalue weighted by molar-refractivity contribution is 7.89. The number of hydrogen-bond acceptors (Lipinski definition) is 4. The van der Waals surface area contributed by atoms with Crippen LogP contribution in [-0.4, -0.2) is 49.2 Å². The molecule has 4 rings (SSSR count). The van der Waals surface area contributed by atoms with Gasteiger partial charge in [0.2, 0.25) is 21.8 Å². The molecule has 0 saturated carbocycles. The topological polar surface area (TPSA) is 111 Å². The molecule has 1 saturated heterocycles. The fourth-order valence-corrected chi connectivity index (χ4v) is 5.59. The van der Waals surface area contributed by atoms with Gasteiger partial charge in [0, 0.05) is 42.8 Å². The number of aromatic amines is 1. The molecule has 3 N–H and O–H groups in total. The highest BCUT2D eigenvalue weighted by Crippen LogP contribution is 2.33. The van der Waals surface area contributed by atoms with Gasteiger partial charge in [-0.1, -0.05) is 18.2 Å². The molecule has 1 aliphatic heterocycles. The fourth-order valence-electron chi connectivity index (χ4n) is 4.39. The predicted octanol–water partition coefficient (Wildman–Crippen LogP) is 3.20. The van der Waals surface area contributed by atoms with Crippen molar-refractivity contribution in [2.24, 2.45) is 0 Å². The average molecular weight is 469 g/mol. The van der Waals surface area contributed by atoms with Crippen molar-refractivity contribution in [2.75, 3.05) is 18.4 Å². The molecule has 2 amide bonds. The summed E-state index contributed by atoms with van der Waals surface area (Å²) in [6.45, 7) is 4.11. The van der Waals surface area contributed by atoms with Crippen LogP contribution in [0, 0.1) is 0 Å². The van der Waals surface area contributed by atoms with Gasteiger partial charge in [0.1, 0.15) is 0 Å². The molecule has 174 valence electrons. The van der Waals surface area contributed by atoms with Crippen molar-refractivity contribution in [3.63, 3.8) is 0 Å². The number of carbonyl (C=O) groups excluding carboxylic acids is 2. The van der Waals surface area contributed by atoms with E-state index in [1.165, 1.54) is 42.1 Å². The highest BCUT2D eigenvalue weighted by Gasteiger charge is 2.30. The van der Waals surface area contributed by atoms with Crippen LogP contribution in [0.25, 0.3) is 10.9 Å². The Balaban J connectivity index is 1.36. The number of piperidine rings is 1. The molecule has 1 aromatic heterocycles. The minimum absolute atomic E-state index is 0.0364. The zero-order valence-electron chi connectivity index (χ0n) is 18.7. The summed E-state index contributed by atoms with van der Waals surface area (Å²) in [7, 11) is -3.87. The van der Waals surface area contributed by atoms with Crippen LogP contribution in [0.4, 0.5) is 5.69 Å². The van der Waals surface area contributed by atoms with E-state index in [0.717, 1.165) is 18.4 Å². The summed E-state index contributed by atoms with van der Waals surface area (Å²) in [5, 5.41) is 3.81. The summed E-state index contributed by atoms with van der Waals surface area (Å²) >= 11 is 0. The van der Waals surface area contributed by atoms with Crippen LogP contribution in [-0.2, 0) is 19.6 Å². The molecule has 1 aliphatic rings. The number of fused-ring (bicyclic) bond motifs is 1. The lowest BCUT2D eigenvalue weighted by Crippen LogP contribution is -2.49. The minimum Gasteiger partial charge on any atom is -0.361 e. The second kappa shape index (κ2) is 9.36. The van der Waals surface area contributed by atoms with Gasteiger partial charge in [0.05, 0.1) is 10.9 Å². The second-order valence-corrected chi connectivity index (χ2v) is 10.2.